The molecular weight excluding hydrogens is 368 g/mol. The summed E-state index contributed by atoms with van der Waals surface area (Å²) >= 11 is 0. The van der Waals surface area contributed by atoms with E-state index in [1.54, 1.807) is 4.90 Å². The fourth-order valence-corrected chi connectivity index (χ4v) is 2.95. The molecule has 3 rings (SSSR count). The smallest absolute Gasteiger partial charge is 0.338 e. The van der Waals surface area contributed by atoms with Crippen molar-refractivity contribution in [1.82, 2.24) is 9.80 Å². The second kappa shape index (κ2) is 8.24. The SMILES string of the molecule is CC(=O)N1CCN(C(=O)COC(=O)c2ccc(NC3CC3)c([N+](=O)[O-])c2)CC1. The number of esters is 1. The first-order valence-corrected chi connectivity index (χ1v) is 9.10. The fraction of sp³-hybridized carbons (Fsp3) is 0.500. The van der Waals surface area contributed by atoms with Gasteiger partial charge in [-0.15, -0.1) is 0 Å². The summed E-state index contributed by atoms with van der Waals surface area (Å²) < 4.78 is 5.03. The Labute approximate surface area is 161 Å². The standard InChI is InChI=1S/C18H22N4O6/c1-12(23)20-6-8-21(9-7-20)17(24)11-28-18(25)13-2-5-15(19-14-3-4-14)16(10-13)22(26)27/h2,5,10,14,19H,3-4,6-9,11H2,1H3. The van der Waals surface area contributed by atoms with Gasteiger partial charge in [-0.25, -0.2) is 4.79 Å². The van der Waals surface area contributed by atoms with Crippen molar-refractivity contribution in [2.75, 3.05) is 38.1 Å². The average molecular weight is 390 g/mol. The number of nitro groups is 1. The number of benzene rings is 1. The maximum atomic E-state index is 12.2. The van der Waals surface area contributed by atoms with E-state index < -0.39 is 17.5 Å². The predicted octanol–water partition coefficient (Wildman–Crippen LogP) is 1.02. The van der Waals surface area contributed by atoms with Gasteiger partial charge in [0.25, 0.3) is 11.6 Å². The first-order chi connectivity index (χ1) is 13.3. The molecule has 1 aliphatic carbocycles. The van der Waals surface area contributed by atoms with Gasteiger partial charge in [0.05, 0.1) is 10.5 Å². The number of ether oxygens (including phenoxy) is 1. The Balaban J connectivity index is 1.55. The van der Waals surface area contributed by atoms with E-state index in [4.69, 9.17) is 4.74 Å². The molecule has 1 N–H and O–H groups in total. The summed E-state index contributed by atoms with van der Waals surface area (Å²) in [7, 11) is 0. The van der Waals surface area contributed by atoms with Gasteiger partial charge in [0, 0.05) is 45.2 Å². The highest BCUT2D eigenvalue weighted by Gasteiger charge is 2.27. The van der Waals surface area contributed by atoms with Crippen molar-refractivity contribution in [3.8, 4) is 0 Å². The summed E-state index contributed by atoms with van der Waals surface area (Å²) in [5.41, 5.74) is 0.179. The highest BCUT2D eigenvalue weighted by atomic mass is 16.6. The molecule has 2 aliphatic rings. The molecule has 1 aromatic rings. The van der Waals surface area contributed by atoms with Crippen LogP contribution in [-0.4, -0.2) is 71.3 Å². The number of rotatable bonds is 6. The van der Waals surface area contributed by atoms with E-state index in [0.29, 0.717) is 31.9 Å². The van der Waals surface area contributed by atoms with Crippen LogP contribution < -0.4 is 5.32 Å². The Morgan fingerprint density at radius 2 is 1.82 bits per heavy atom. The Bertz CT molecular complexity index is 799. The molecule has 28 heavy (non-hydrogen) atoms. The van der Waals surface area contributed by atoms with Crippen LogP contribution in [0.1, 0.15) is 30.1 Å². The number of anilines is 1. The van der Waals surface area contributed by atoms with Crippen molar-refractivity contribution in [2.24, 2.45) is 0 Å². The number of piperazine rings is 1. The lowest BCUT2D eigenvalue weighted by molar-refractivity contribution is -0.384. The Morgan fingerprint density at radius 1 is 1.18 bits per heavy atom. The van der Waals surface area contributed by atoms with E-state index in [9.17, 15) is 24.5 Å². The van der Waals surface area contributed by atoms with Crippen LogP contribution in [0.2, 0.25) is 0 Å². The van der Waals surface area contributed by atoms with Gasteiger partial charge in [-0.1, -0.05) is 0 Å². The van der Waals surface area contributed by atoms with Crippen LogP contribution in [0, 0.1) is 10.1 Å². The minimum absolute atomic E-state index is 0.0160. The van der Waals surface area contributed by atoms with Crippen molar-refractivity contribution in [1.29, 1.82) is 0 Å². The Kier molecular flexibility index (Phi) is 5.76. The number of carbonyl (C=O) groups is 3. The molecule has 1 heterocycles. The molecule has 0 atom stereocenters. The summed E-state index contributed by atoms with van der Waals surface area (Å²) in [6, 6.07) is 4.31. The first-order valence-electron chi connectivity index (χ1n) is 9.10. The summed E-state index contributed by atoms with van der Waals surface area (Å²) in [4.78, 5) is 49.6. The van der Waals surface area contributed by atoms with Crippen molar-refractivity contribution in [3.05, 3.63) is 33.9 Å². The largest absolute Gasteiger partial charge is 0.452 e. The van der Waals surface area contributed by atoms with Crippen molar-refractivity contribution >= 4 is 29.2 Å². The van der Waals surface area contributed by atoms with Crippen LogP contribution in [0.25, 0.3) is 0 Å². The molecule has 2 amide bonds. The molecule has 1 aromatic carbocycles. The molecule has 1 saturated carbocycles. The van der Waals surface area contributed by atoms with Gasteiger partial charge in [-0.05, 0) is 25.0 Å². The molecule has 0 aromatic heterocycles. The van der Waals surface area contributed by atoms with Gasteiger partial charge in [0.1, 0.15) is 5.69 Å². The van der Waals surface area contributed by atoms with Crippen molar-refractivity contribution < 1.29 is 24.0 Å². The highest BCUT2D eigenvalue weighted by Crippen LogP contribution is 2.31. The lowest BCUT2D eigenvalue weighted by Crippen LogP contribution is -2.51. The van der Waals surface area contributed by atoms with Crippen LogP contribution in [0.15, 0.2) is 18.2 Å². The van der Waals surface area contributed by atoms with Gasteiger partial charge in [0.2, 0.25) is 5.91 Å². The summed E-state index contributed by atoms with van der Waals surface area (Å²) in [5, 5.41) is 14.3. The molecular formula is C18H22N4O6. The van der Waals surface area contributed by atoms with Crippen LogP contribution in [0.4, 0.5) is 11.4 Å². The van der Waals surface area contributed by atoms with E-state index in [1.807, 2.05) is 0 Å². The second-order valence-corrected chi connectivity index (χ2v) is 6.87. The summed E-state index contributed by atoms with van der Waals surface area (Å²) in [6.07, 6.45) is 1.92. The van der Waals surface area contributed by atoms with E-state index in [-0.39, 0.29) is 29.1 Å². The van der Waals surface area contributed by atoms with Crippen LogP contribution in [-0.2, 0) is 14.3 Å². The molecule has 150 valence electrons. The quantitative estimate of drug-likeness (QED) is 0.437. The maximum absolute atomic E-state index is 12.2. The van der Waals surface area contributed by atoms with Gasteiger partial charge in [0.15, 0.2) is 6.61 Å². The molecule has 2 fully saturated rings. The lowest BCUT2D eigenvalue weighted by Gasteiger charge is -2.34. The van der Waals surface area contributed by atoms with E-state index in [0.717, 1.165) is 18.9 Å². The molecule has 0 unspecified atom stereocenters. The minimum Gasteiger partial charge on any atom is -0.452 e. The van der Waals surface area contributed by atoms with Gasteiger partial charge < -0.3 is 19.9 Å². The van der Waals surface area contributed by atoms with E-state index in [1.165, 1.54) is 24.0 Å². The number of amides is 2. The Hall–Kier alpha value is -3.17. The van der Waals surface area contributed by atoms with E-state index in [2.05, 4.69) is 5.32 Å². The van der Waals surface area contributed by atoms with Gasteiger partial charge in [-0.2, -0.15) is 0 Å². The average Bonchev–Trinajstić information content (AvgIpc) is 3.50. The van der Waals surface area contributed by atoms with Crippen LogP contribution in [0.5, 0.6) is 0 Å². The molecule has 10 heteroatoms. The molecule has 1 aliphatic heterocycles. The molecule has 0 radical (unpaired) electrons. The van der Waals surface area contributed by atoms with Crippen LogP contribution in [0.3, 0.4) is 0 Å². The highest BCUT2D eigenvalue weighted by molar-refractivity contribution is 5.93. The van der Waals surface area contributed by atoms with Gasteiger partial charge >= 0.3 is 5.97 Å². The number of hydrogen-bond acceptors (Lipinski definition) is 7. The van der Waals surface area contributed by atoms with Gasteiger partial charge in [-0.3, -0.25) is 19.7 Å². The molecule has 0 spiro atoms. The number of carbonyl (C=O) groups excluding carboxylic acids is 3. The zero-order valence-corrected chi connectivity index (χ0v) is 15.6. The van der Waals surface area contributed by atoms with E-state index >= 15 is 0 Å². The molecule has 0 bridgehead atoms. The third kappa shape index (κ3) is 4.76. The summed E-state index contributed by atoms with van der Waals surface area (Å²) in [5.74, 6) is -1.20. The topological polar surface area (TPSA) is 122 Å². The zero-order chi connectivity index (χ0) is 20.3. The molecule has 1 saturated heterocycles. The first kappa shape index (κ1) is 19.6. The number of nitrogens with zero attached hydrogens (tertiary/aromatic N) is 3. The maximum Gasteiger partial charge on any atom is 0.338 e. The Morgan fingerprint density at radius 3 is 2.39 bits per heavy atom. The second-order valence-electron chi connectivity index (χ2n) is 6.87. The fourth-order valence-electron chi connectivity index (χ4n) is 2.95. The van der Waals surface area contributed by atoms with Crippen molar-refractivity contribution in [2.45, 2.75) is 25.8 Å². The monoisotopic (exact) mass is 390 g/mol. The normalized spacial score (nSPS) is 16.5. The minimum atomic E-state index is -0.795. The third-order valence-electron chi connectivity index (χ3n) is 4.77. The third-order valence-corrected chi connectivity index (χ3v) is 4.77. The molecule has 10 nitrogen and oxygen atoms in total. The zero-order valence-electron chi connectivity index (χ0n) is 15.6. The number of hydrogen-bond donors (Lipinski definition) is 1. The summed E-state index contributed by atoms with van der Waals surface area (Å²) in [6.45, 7) is 2.66. The predicted molar refractivity (Wildman–Crippen MR) is 98.9 cm³/mol. The number of nitro benzene ring substituents is 1. The van der Waals surface area contributed by atoms with Crippen LogP contribution >= 0.6 is 0 Å². The lowest BCUT2D eigenvalue weighted by atomic mass is 10.1. The van der Waals surface area contributed by atoms with Crippen molar-refractivity contribution in [3.63, 3.8) is 0 Å². The number of nitrogens with one attached hydrogen (secondary N) is 1.